The topological polar surface area (TPSA) is 342 Å². The Balaban J connectivity index is 1.12. The third-order valence-corrected chi connectivity index (χ3v) is 14.5. The summed E-state index contributed by atoms with van der Waals surface area (Å²) in [5, 5.41) is 26.2. The highest BCUT2D eigenvalue weighted by molar-refractivity contribution is 7.99. The summed E-state index contributed by atoms with van der Waals surface area (Å²) in [6, 6.07) is 14.3. The molecular weight excluding hydrogens is 961 g/mol. The van der Waals surface area contributed by atoms with E-state index in [-0.39, 0.29) is 89.9 Å². The van der Waals surface area contributed by atoms with Gasteiger partial charge in [-0.1, -0.05) is 24.3 Å². The number of fused-ring (bicyclic) bond motifs is 2. The molecule has 6 aromatic rings. The van der Waals surface area contributed by atoms with E-state index in [0.717, 1.165) is 59.9 Å². The summed E-state index contributed by atoms with van der Waals surface area (Å²) in [4.78, 5) is 31.1. The normalized spacial score (nSPS) is 12.5. The van der Waals surface area contributed by atoms with Crippen molar-refractivity contribution in [2.75, 3.05) is 22.1 Å². The Bertz CT molecular complexity index is 3140. The molecule has 0 fully saturated rings. The van der Waals surface area contributed by atoms with Crippen LogP contribution in [-0.4, -0.2) is 95.4 Å². The van der Waals surface area contributed by atoms with Gasteiger partial charge in [0.25, 0.3) is 40.5 Å². The highest BCUT2D eigenvalue weighted by atomic mass is 32.2. The number of phenolic OH excluding ortho intramolecular Hbond substituents is 2. The molecule has 26 heteroatoms. The van der Waals surface area contributed by atoms with Crippen LogP contribution in [0.1, 0.15) is 22.3 Å². The summed E-state index contributed by atoms with van der Waals surface area (Å²) in [6.45, 7) is 0. The number of nitrogens with one attached hydrogen (secondary N) is 2. The van der Waals surface area contributed by atoms with E-state index < -0.39 is 71.9 Å². The second-order valence-corrected chi connectivity index (χ2v) is 20.9. The molecule has 0 aliphatic carbocycles. The fourth-order valence-corrected chi connectivity index (χ4v) is 10.7. The van der Waals surface area contributed by atoms with Crippen LogP contribution in [0, 0.1) is 0 Å². The predicted octanol–water partition coefficient (Wildman–Crippen LogP) is 5.10. The Kier molecular flexibility index (Phi) is 14.0. The first-order valence-corrected chi connectivity index (χ1v) is 25.8. The van der Waals surface area contributed by atoms with Gasteiger partial charge in [-0.15, -0.1) is 23.5 Å². The van der Waals surface area contributed by atoms with Crippen LogP contribution in [0.2, 0.25) is 0 Å². The molecule has 0 saturated carbocycles. The number of aromatic hydroxyl groups is 2. The van der Waals surface area contributed by atoms with E-state index in [0.29, 0.717) is 0 Å². The molecule has 0 spiro atoms. The Morgan fingerprint density at radius 1 is 0.531 bits per heavy atom. The van der Waals surface area contributed by atoms with Gasteiger partial charge < -0.3 is 20.8 Å². The van der Waals surface area contributed by atoms with Crippen LogP contribution in [0.15, 0.2) is 105 Å². The maximum Gasteiger partial charge on any atom is 0.295 e. The van der Waals surface area contributed by atoms with E-state index in [9.17, 15) is 71.7 Å². The molecule has 4 aromatic carbocycles. The van der Waals surface area contributed by atoms with Gasteiger partial charge in [0.2, 0.25) is 11.8 Å². The minimum Gasteiger partial charge on any atom is -0.505 e. The number of benzene rings is 4. The smallest absolute Gasteiger partial charge is 0.295 e. The average molecular weight is 993 g/mol. The lowest BCUT2D eigenvalue weighted by Crippen LogP contribution is -2.15. The molecule has 0 aliphatic heterocycles. The molecule has 0 saturated heterocycles. The van der Waals surface area contributed by atoms with Crippen molar-refractivity contribution in [2.45, 2.75) is 31.1 Å². The number of phenols is 2. The Labute approximate surface area is 372 Å². The van der Waals surface area contributed by atoms with Crippen LogP contribution in [0.3, 0.4) is 0 Å². The van der Waals surface area contributed by atoms with E-state index in [1.165, 1.54) is 60.9 Å². The number of thioether (sulfide) groups is 2. The molecule has 0 atom stereocenters. The minimum atomic E-state index is -4.98. The van der Waals surface area contributed by atoms with Crippen molar-refractivity contribution < 1.29 is 71.7 Å². The molecule has 8 N–H and O–H groups in total. The van der Waals surface area contributed by atoms with E-state index >= 15 is 0 Å². The van der Waals surface area contributed by atoms with Gasteiger partial charge in [-0.05, 0) is 71.8 Å². The van der Waals surface area contributed by atoms with Crippen molar-refractivity contribution >= 4 is 121 Å². The number of rotatable bonds is 16. The maximum atomic E-state index is 12.8. The van der Waals surface area contributed by atoms with Crippen LogP contribution in [0.5, 0.6) is 11.5 Å². The largest absolute Gasteiger partial charge is 0.505 e. The van der Waals surface area contributed by atoms with Crippen molar-refractivity contribution in [3.05, 3.63) is 107 Å². The van der Waals surface area contributed by atoms with Crippen LogP contribution < -0.4 is 10.6 Å². The number of hydrogen-bond donors (Lipinski definition) is 8. The number of amides is 2. The Hall–Kier alpha value is -5.68. The number of carbonyl (C=O) groups is 2. The number of nitrogens with zero attached hydrogens (tertiary/aromatic N) is 2. The van der Waals surface area contributed by atoms with Gasteiger partial charge in [0.05, 0.1) is 11.5 Å². The van der Waals surface area contributed by atoms with Gasteiger partial charge in [0.1, 0.15) is 42.1 Å². The van der Waals surface area contributed by atoms with E-state index in [1.807, 2.05) is 0 Å². The molecule has 0 aliphatic rings. The van der Waals surface area contributed by atoms with Gasteiger partial charge in [0.15, 0.2) is 0 Å². The van der Waals surface area contributed by atoms with Gasteiger partial charge in [-0.2, -0.15) is 33.7 Å². The summed E-state index contributed by atoms with van der Waals surface area (Å²) in [7, 11) is -19.4. The van der Waals surface area contributed by atoms with E-state index in [2.05, 4.69) is 20.6 Å². The van der Waals surface area contributed by atoms with Crippen molar-refractivity contribution in [3.63, 3.8) is 0 Å². The molecule has 0 unspecified atom stereocenters. The monoisotopic (exact) mass is 992 g/mol. The van der Waals surface area contributed by atoms with Crippen molar-refractivity contribution in [2.24, 2.45) is 0 Å². The van der Waals surface area contributed by atoms with Gasteiger partial charge >= 0.3 is 0 Å². The molecule has 2 aromatic heterocycles. The number of hydrogen-bond acceptors (Lipinski definition) is 16. The van der Waals surface area contributed by atoms with Crippen LogP contribution in [0.4, 0.5) is 11.4 Å². The fourth-order valence-electron chi connectivity index (χ4n) is 6.17. The zero-order valence-electron chi connectivity index (χ0n) is 32.2. The molecule has 2 heterocycles. The highest BCUT2D eigenvalue weighted by Gasteiger charge is 2.23. The SMILES string of the molecule is O=C(CSCc1cc(S(=O)(=O)O)c2cccnc2c1O)Nc1ccc(C=Cc2ccc(NC(=O)CSCc3cc(S(=O)(=O)O)c4cccnc4c3O)cc2S(=O)(=O)O)c(S(=O)(=O)O)c1. The summed E-state index contributed by atoms with van der Waals surface area (Å²) < 4.78 is 137. The first-order chi connectivity index (χ1) is 29.9. The summed E-state index contributed by atoms with van der Waals surface area (Å²) >= 11 is 1.85. The number of anilines is 2. The van der Waals surface area contributed by atoms with Crippen LogP contribution in [0.25, 0.3) is 34.0 Å². The van der Waals surface area contributed by atoms with Crippen LogP contribution in [-0.2, 0) is 61.6 Å². The lowest BCUT2D eigenvalue weighted by molar-refractivity contribution is -0.114. The number of aromatic nitrogens is 2. The number of carbonyl (C=O) groups excluding carboxylic acids is 2. The number of pyridine rings is 2. The third-order valence-electron chi connectivity index (χ3n) is 8.94. The fraction of sp³-hybridized carbons (Fsp3) is 0.105. The molecule has 6 rings (SSSR count). The summed E-state index contributed by atoms with van der Waals surface area (Å²) in [5.41, 5.74) is -0.637. The Morgan fingerprint density at radius 2 is 0.891 bits per heavy atom. The predicted molar refractivity (Wildman–Crippen MR) is 237 cm³/mol. The summed E-state index contributed by atoms with van der Waals surface area (Å²) in [6.07, 6.45) is 4.81. The molecule has 20 nitrogen and oxygen atoms in total. The van der Waals surface area contributed by atoms with E-state index in [1.54, 1.807) is 0 Å². The second-order valence-electron chi connectivity index (χ2n) is 13.4. The molecule has 2 amide bonds. The average Bonchev–Trinajstić information content (AvgIpc) is 3.20. The Morgan fingerprint density at radius 3 is 1.23 bits per heavy atom. The van der Waals surface area contributed by atoms with Gasteiger partial charge in [0, 0.05) is 57.2 Å². The molecule has 336 valence electrons. The van der Waals surface area contributed by atoms with Crippen molar-refractivity contribution in [1.29, 1.82) is 0 Å². The van der Waals surface area contributed by atoms with Gasteiger partial charge in [-0.3, -0.25) is 37.8 Å². The summed E-state index contributed by atoms with van der Waals surface area (Å²) in [5.74, 6) is -2.92. The molecule has 0 radical (unpaired) electrons. The zero-order valence-corrected chi connectivity index (χ0v) is 37.1. The first kappa shape index (κ1) is 47.8. The standard InChI is InChI=1S/C38H32N4O16S6/c43-33(19-59-17-23-13-31(63(53,54)55)27-3-1-11-39-35(27)37(23)45)41-25-9-7-21(29(15-25)61(47,48)49)5-6-22-8-10-26(16-30(22)62(50,51)52)42-34(44)20-60-18-24-14-32(64(56,57)58)28-4-2-12-40-36(28)38(24)46/h1-16,45-46H,17-20H2,(H,41,43)(H,42,44)(H,47,48,49)(H,50,51,52)(H,53,54,55)(H,56,57,58). The van der Waals surface area contributed by atoms with Gasteiger partial charge in [-0.25, -0.2) is 0 Å². The first-order valence-electron chi connectivity index (χ1n) is 17.7. The second kappa shape index (κ2) is 18.8. The molecular formula is C38H32N4O16S6. The van der Waals surface area contributed by atoms with Crippen molar-refractivity contribution in [3.8, 4) is 11.5 Å². The highest BCUT2D eigenvalue weighted by Crippen LogP contribution is 2.36. The molecule has 0 bridgehead atoms. The zero-order chi connectivity index (χ0) is 46.8. The lowest BCUT2D eigenvalue weighted by Gasteiger charge is -2.12. The molecule has 64 heavy (non-hydrogen) atoms. The third kappa shape index (κ3) is 11.3. The van der Waals surface area contributed by atoms with Crippen LogP contribution >= 0.6 is 23.5 Å². The quantitative estimate of drug-likeness (QED) is 0.0462. The minimum absolute atomic E-state index is 0.0199. The van der Waals surface area contributed by atoms with E-state index in [4.69, 9.17) is 0 Å². The lowest BCUT2D eigenvalue weighted by atomic mass is 10.1. The maximum absolute atomic E-state index is 12.8. The van der Waals surface area contributed by atoms with Crippen molar-refractivity contribution in [1.82, 2.24) is 9.97 Å².